The maximum Gasteiger partial charge on any atom is 0.162 e. The summed E-state index contributed by atoms with van der Waals surface area (Å²) in [6.07, 6.45) is 0.0587. The zero-order chi connectivity index (χ0) is 23.8. The topological polar surface area (TPSA) is 58.6 Å². The van der Waals surface area contributed by atoms with Gasteiger partial charge in [-0.25, -0.2) is 0 Å². The molecule has 3 aromatic rings. The minimum atomic E-state index is 0.0587. The van der Waals surface area contributed by atoms with Crippen LogP contribution in [-0.4, -0.2) is 75.1 Å². The van der Waals surface area contributed by atoms with Crippen molar-refractivity contribution in [1.82, 2.24) is 9.80 Å². The predicted octanol–water partition coefficient (Wildman–Crippen LogP) is 3.82. The molecular formula is C28H32N4O3. The lowest BCUT2D eigenvalue weighted by Gasteiger charge is -2.36. The molecule has 7 nitrogen and oxygen atoms in total. The van der Waals surface area contributed by atoms with Gasteiger partial charge in [0.2, 0.25) is 0 Å². The van der Waals surface area contributed by atoms with Gasteiger partial charge in [-0.05, 0) is 22.4 Å². The Morgan fingerprint density at radius 2 is 1.69 bits per heavy atom. The summed E-state index contributed by atoms with van der Waals surface area (Å²) in [5.74, 6) is 1.66. The number of methoxy groups -OCH3 is 2. The molecule has 0 bridgehead atoms. The molecule has 1 saturated heterocycles. The second-order valence-corrected chi connectivity index (χ2v) is 9.58. The summed E-state index contributed by atoms with van der Waals surface area (Å²) in [7, 11) is 3.32. The molecule has 3 heterocycles. The van der Waals surface area contributed by atoms with Crippen LogP contribution in [0.25, 0.3) is 10.8 Å². The SMILES string of the molecule is COc1cc2c(cc1OC)C1=NO[C@@H](CN3CCN(Cc4cccc5ccccc45)CC3)[C@@H]1CN2. The Labute approximate surface area is 206 Å². The van der Waals surface area contributed by atoms with Crippen LogP contribution in [0.15, 0.2) is 59.8 Å². The Morgan fingerprint density at radius 3 is 2.51 bits per heavy atom. The Bertz CT molecular complexity index is 1250. The second kappa shape index (κ2) is 9.40. The van der Waals surface area contributed by atoms with E-state index >= 15 is 0 Å². The molecule has 0 radical (unpaired) electrons. The molecule has 1 N–H and O–H groups in total. The molecule has 0 saturated carbocycles. The molecule has 3 aromatic carbocycles. The average Bonchev–Trinajstić information content (AvgIpc) is 3.32. The monoisotopic (exact) mass is 472 g/mol. The van der Waals surface area contributed by atoms with Gasteiger partial charge in [0.1, 0.15) is 6.10 Å². The number of nitrogens with zero attached hydrogens (tertiary/aromatic N) is 3. The first-order valence-corrected chi connectivity index (χ1v) is 12.4. The highest BCUT2D eigenvalue weighted by molar-refractivity contribution is 6.09. The van der Waals surface area contributed by atoms with Gasteiger partial charge in [0.05, 0.1) is 25.8 Å². The summed E-state index contributed by atoms with van der Waals surface area (Å²) in [5, 5.41) is 10.8. The molecule has 182 valence electrons. The number of piperazine rings is 1. The second-order valence-electron chi connectivity index (χ2n) is 9.58. The van der Waals surface area contributed by atoms with E-state index in [1.807, 2.05) is 12.1 Å². The van der Waals surface area contributed by atoms with E-state index in [1.54, 1.807) is 14.2 Å². The summed E-state index contributed by atoms with van der Waals surface area (Å²) in [6, 6.07) is 19.3. The van der Waals surface area contributed by atoms with Crippen LogP contribution in [0.1, 0.15) is 11.1 Å². The van der Waals surface area contributed by atoms with Crippen LogP contribution in [0.2, 0.25) is 0 Å². The third-order valence-corrected chi connectivity index (χ3v) is 7.58. The van der Waals surface area contributed by atoms with Gasteiger partial charge in [-0.15, -0.1) is 0 Å². The van der Waals surface area contributed by atoms with Gasteiger partial charge in [-0.3, -0.25) is 9.80 Å². The minimum Gasteiger partial charge on any atom is -0.493 e. The van der Waals surface area contributed by atoms with Gasteiger partial charge in [0.15, 0.2) is 11.5 Å². The van der Waals surface area contributed by atoms with E-state index < -0.39 is 0 Å². The molecule has 3 aliphatic heterocycles. The van der Waals surface area contributed by atoms with Crippen LogP contribution in [0.5, 0.6) is 11.5 Å². The van der Waals surface area contributed by atoms with Crippen LogP contribution in [0.3, 0.4) is 0 Å². The smallest absolute Gasteiger partial charge is 0.162 e. The van der Waals surface area contributed by atoms with E-state index in [0.717, 1.165) is 68.5 Å². The van der Waals surface area contributed by atoms with E-state index in [4.69, 9.17) is 14.3 Å². The van der Waals surface area contributed by atoms with Crippen molar-refractivity contribution in [2.45, 2.75) is 12.6 Å². The van der Waals surface area contributed by atoms with Crippen molar-refractivity contribution < 1.29 is 14.3 Å². The van der Waals surface area contributed by atoms with Gasteiger partial charge in [0.25, 0.3) is 0 Å². The summed E-state index contributed by atoms with van der Waals surface area (Å²) >= 11 is 0. The quantitative estimate of drug-likeness (QED) is 0.589. The number of anilines is 1. The molecular weight excluding hydrogens is 440 g/mol. The molecule has 1 fully saturated rings. The largest absolute Gasteiger partial charge is 0.493 e. The number of benzene rings is 3. The van der Waals surface area contributed by atoms with Gasteiger partial charge >= 0.3 is 0 Å². The number of hydrogen-bond donors (Lipinski definition) is 1. The molecule has 0 aliphatic carbocycles. The zero-order valence-corrected chi connectivity index (χ0v) is 20.4. The molecule has 35 heavy (non-hydrogen) atoms. The fourth-order valence-electron chi connectivity index (χ4n) is 5.59. The van der Waals surface area contributed by atoms with E-state index in [-0.39, 0.29) is 12.0 Å². The zero-order valence-electron chi connectivity index (χ0n) is 20.4. The fraction of sp³-hybridized carbons (Fsp3) is 0.393. The summed E-state index contributed by atoms with van der Waals surface area (Å²) in [6.45, 7) is 6.91. The lowest BCUT2D eigenvalue weighted by molar-refractivity contribution is 0.0184. The molecule has 2 atom stereocenters. The number of nitrogens with one attached hydrogen (secondary N) is 1. The Balaban J connectivity index is 1.07. The third kappa shape index (κ3) is 4.19. The number of fused-ring (bicyclic) bond motifs is 4. The standard InChI is InChI=1S/C28H32N4O3/c1-33-25-14-22-24(15-26(25)34-2)29-16-23-27(35-30-28(22)23)18-32-12-10-31(11-13-32)17-20-8-5-7-19-6-3-4-9-21(19)20/h3-9,14-15,23,27,29H,10-13,16-18H2,1-2H3/t23-,27-/m0/s1. The fourth-order valence-corrected chi connectivity index (χ4v) is 5.59. The van der Waals surface area contributed by atoms with Gasteiger partial charge in [0, 0.05) is 63.1 Å². The maximum atomic E-state index is 5.98. The van der Waals surface area contributed by atoms with Crippen molar-refractivity contribution in [3.63, 3.8) is 0 Å². The van der Waals surface area contributed by atoms with Gasteiger partial charge in [-0.2, -0.15) is 0 Å². The highest BCUT2D eigenvalue weighted by Crippen LogP contribution is 2.39. The van der Waals surface area contributed by atoms with E-state index in [9.17, 15) is 0 Å². The number of oxime groups is 1. The summed E-state index contributed by atoms with van der Waals surface area (Å²) in [4.78, 5) is 11.1. The first kappa shape index (κ1) is 22.2. The molecule has 6 rings (SSSR count). The van der Waals surface area contributed by atoms with E-state index in [0.29, 0.717) is 5.75 Å². The Kier molecular flexibility index (Phi) is 5.96. The summed E-state index contributed by atoms with van der Waals surface area (Å²) in [5.41, 5.74) is 4.48. The Hall–Kier alpha value is -3.29. The highest BCUT2D eigenvalue weighted by atomic mass is 16.6. The van der Waals surface area contributed by atoms with Crippen LogP contribution >= 0.6 is 0 Å². The van der Waals surface area contributed by atoms with Crippen molar-refractivity contribution in [3.8, 4) is 11.5 Å². The molecule has 7 heteroatoms. The Morgan fingerprint density at radius 1 is 0.943 bits per heavy atom. The molecule has 0 unspecified atom stereocenters. The average molecular weight is 473 g/mol. The normalized spacial score (nSPS) is 22.1. The molecule has 3 aliphatic rings. The van der Waals surface area contributed by atoms with E-state index in [1.165, 1.54) is 16.3 Å². The van der Waals surface area contributed by atoms with Crippen LogP contribution in [0, 0.1) is 5.92 Å². The van der Waals surface area contributed by atoms with Crippen molar-refractivity contribution >= 4 is 22.2 Å². The van der Waals surface area contributed by atoms with Crippen molar-refractivity contribution in [2.75, 3.05) is 58.8 Å². The first-order valence-electron chi connectivity index (χ1n) is 12.4. The molecule has 0 aromatic heterocycles. The molecule has 0 spiro atoms. The predicted molar refractivity (Wildman–Crippen MR) is 139 cm³/mol. The van der Waals surface area contributed by atoms with Crippen LogP contribution < -0.4 is 14.8 Å². The highest BCUT2D eigenvalue weighted by Gasteiger charge is 2.40. The van der Waals surface area contributed by atoms with Gasteiger partial charge < -0.3 is 19.6 Å². The van der Waals surface area contributed by atoms with Crippen molar-refractivity contribution in [1.29, 1.82) is 0 Å². The van der Waals surface area contributed by atoms with E-state index in [2.05, 4.69) is 62.7 Å². The number of hydrogen-bond acceptors (Lipinski definition) is 7. The van der Waals surface area contributed by atoms with Crippen LogP contribution in [-0.2, 0) is 11.4 Å². The van der Waals surface area contributed by atoms with Crippen molar-refractivity contribution in [3.05, 3.63) is 65.7 Å². The lowest BCUT2D eigenvalue weighted by Crippen LogP contribution is -2.50. The first-order chi connectivity index (χ1) is 17.2. The van der Waals surface area contributed by atoms with Gasteiger partial charge in [-0.1, -0.05) is 47.6 Å². The van der Waals surface area contributed by atoms with Crippen molar-refractivity contribution in [2.24, 2.45) is 11.1 Å². The third-order valence-electron chi connectivity index (χ3n) is 7.58. The lowest BCUT2D eigenvalue weighted by atomic mass is 9.87. The molecule has 0 amide bonds. The van der Waals surface area contributed by atoms with Crippen LogP contribution in [0.4, 0.5) is 5.69 Å². The number of rotatable bonds is 6. The maximum absolute atomic E-state index is 5.98. The number of ether oxygens (including phenoxy) is 2. The summed E-state index contributed by atoms with van der Waals surface area (Å²) < 4.78 is 11.0. The minimum absolute atomic E-state index is 0.0587.